The fourth-order valence-corrected chi connectivity index (χ4v) is 8.54. The van der Waals surface area contributed by atoms with Gasteiger partial charge in [-0.1, -0.05) is 97.1 Å². The van der Waals surface area contributed by atoms with Gasteiger partial charge in [-0.15, -0.1) is 0 Å². The van der Waals surface area contributed by atoms with E-state index in [0.717, 1.165) is 58.7 Å². The highest BCUT2D eigenvalue weighted by Crippen LogP contribution is 2.47. The summed E-state index contributed by atoms with van der Waals surface area (Å²) in [6.45, 7) is 0.991. The molecule has 0 atom stereocenters. The highest BCUT2D eigenvalue weighted by molar-refractivity contribution is 6.28. The first-order valence-corrected chi connectivity index (χ1v) is 18.7. The third kappa shape index (κ3) is 5.52. The van der Waals surface area contributed by atoms with E-state index in [-0.39, 0.29) is 0 Å². The van der Waals surface area contributed by atoms with Gasteiger partial charge in [0.2, 0.25) is 0 Å². The fraction of sp³-hybridized carbons (Fsp3) is 0.0588. The summed E-state index contributed by atoms with van der Waals surface area (Å²) in [4.78, 5) is 4.88. The Morgan fingerprint density at radius 1 is 0.473 bits per heavy atom. The Balaban J connectivity index is 1.21. The van der Waals surface area contributed by atoms with Gasteiger partial charge in [0, 0.05) is 40.1 Å². The van der Waals surface area contributed by atoms with Crippen molar-refractivity contribution in [3.8, 4) is 34.4 Å². The number of nitriles is 2. The summed E-state index contributed by atoms with van der Waals surface area (Å²) in [6.07, 6.45) is 2.23. The topological polar surface area (TPSA) is 54.1 Å². The van der Waals surface area contributed by atoms with Crippen LogP contribution in [-0.4, -0.2) is 6.54 Å². The summed E-state index contributed by atoms with van der Waals surface area (Å²) in [5.41, 5.74) is 12.5. The fourth-order valence-electron chi connectivity index (χ4n) is 8.54. The first-order chi connectivity index (χ1) is 27.2. The molecule has 9 aromatic rings. The molecule has 4 nitrogen and oxygen atoms in total. The normalized spacial score (nSPS) is 12.4. The van der Waals surface area contributed by atoms with Gasteiger partial charge in [0.15, 0.2) is 0 Å². The lowest BCUT2D eigenvalue weighted by molar-refractivity contribution is 0.768. The zero-order valence-corrected chi connectivity index (χ0v) is 30.1. The summed E-state index contributed by atoms with van der Waals surface area (Å²) in [6, 6.07) is 64.4. The van der Waals surface area contributed by atoms with Gasteiger partial charge in [0.25, 0.3) is 0 Å². The molecule has 55 heavy (non-hydrogen) atoms. The van der Waals surface area contributed by atoms with E-state index in [9.17, 15) is 10.5 Å². The first-order valence-electron chi connectivity index (χ1n) is 18.7. The van der Waals surface area contributed by atoms with Crippen LogP contribution in [0, 0.1) is 22.7 Å². The van der Waals surface area contributed by atoms with Crippen LogP contribution in [0.4, 0.5) is 28.4 Å². The van der Waals surface area contributed by atoms with Crippen LogP contribution in [0.5, 0.6) is 0 Å². The molecule has 0 unspecified atom stereocenters. The van der Waals surface area contributed by atoms with Crippen LogP contribution in [-0.2, 0) is 6.42 Å². The predicted octanol–water partition coefficient (Wildman–Crippen LogP) is 13.2. The Labute approximate surface area is 320 Å². The summed E-state index contributed by atoms with van der Waals surface area (Å²) in [5.74, 6) is 0. The third-order valence-electron chi connectivity index (χ3n) is 11.1. The molecule has 0 aliphatic carbocycles. The molecule has 0 spiro atoms. The highest BCUT2D eigenvalue weighted by atomic mass is 15.1. The lowest BCUT2D eigenvalue weighted by Gasteiger charge is -2.33. The monoisotopic (exact) mass is 702 g/mol. The molecule has 0 N–H and O–H groups in total. The van der Waals surface area contributed by atoms with Crippen molar-refractivity contribution >= 4 is 60.8 Å². The molecule has 1 aliphatic rings. The number of rotatable bonds is 6. The number of benzene rings is 9. The van der Waals surface area contributed by atoms with Gasteiger partial charge in [-0.05, 0) is 135 Å². The van der Waals surface area contributed by atoms with Crippen LogP contribution in [0.15, 0.2) is 170 Å². The van der Waals surface area contributed by atoms with Crippen LogP contribution in [0.1, 0.15) is 23.1 Å². The molecule has 0 saturated heterocycles. The van der Waals surface area contributed by atoms with Crippen LogP contribution < -0.4 is 9.80 Å². The number of hydrogen-bond acceptors (Lipinski definition) is 4. The summed E-state index contributed by atoms with van der Waals surface area (Å²) >= 11 is 0. The van der Waals surface area contributed by atoms with E-state index in [1.54, 1.807) is 0 Å². The zero-order chi connectivity index (χ0) is 36.9. The van der Waals surface area contributed by atoms with Gasteiger partial charge in [0.1, 0.15) is 0 Å². The molecule has 0 amide bonds. The highest BCUT2D eigenvalue weighted by Gasteiger charge is 2.23. The Bertz CT molecular complexity index is 2890. The molecule has 0 bridgehead atoms. The standard InChI is InChI=1S/C51H34N4/c52-32-34-12-16-36(17-13-34)41-29-42(37-18-14-35(33-53)15-19-37)31-44(30-41)55(43-9-2-1-3-10-43)49-27-23-40-20-24-45-48(26-22-39-21-25-46(49)51(40)50(39)45)54-28-6-8-38-7-4-5-11-47(38)54/h1-5,7,9-27,29-31H,6,8,28H2. The lowest BCUT2D eigenvalue weighted by Crippen LogP contribution is -2.24. The molecule has 1 heterocycles. The van der Waals surface area contributed by atoms with Crippen LogP contribution in [0.2, 0.25) is 0 Å². The van der Waals surface area contributed by atoms with E-state index in [2.05, 4.69) is 143 Å². The molecule has 0 radical (unpaired) electrons. The van der Waals surface area contributed by atoms with Gasteiger partial charge in [0.05, 0.1) is 29.0 Å². The SMILES string of the molecule is N#Cc1ccc(-c2cc(-c3ccc(C#N)cc3)cc(N(c3ccccc3)c3ccc4ccc5c(N6CCCc7ccccc76)ccc6ccc3c4c65)c2)cc1. The van der Waals surface area contributed by atoms with Crippen molar-refractivity contribution in [3.63, 3.8) is 0 Å². The maximum Gasteiger partial charge on any atom is 0.0991 e. The van der Waals surface area contributed by atoms with Crippen molar-refractivity contribution in [2.75, 3.05) is 16.3 Å². The Hall–Kier alpha value is -7.40. The molecule has 258 valence electrons. The Kier molecular flexibility index (Phi) is 7.76. The molecule has 4 heteroatoms. The zero-order valence-electron chi connectivity index (χ0n) is 30.1. The van der Waals surface area contributed by atoms with E-state index >= 15 is 0 Å². The quantitative estimate of drug-likeness (QED) is 0.162. The van der Waals surface area contributed by atoms with Crippen LogP contribution in [0.25, 0.3) is 54.6 Å². The molecule has 0 aromatic heterocycles. The molecule has 1 aliphatic heterocycles. The van der Waals surface area contributed by atoms with Gasteiger partial charge in [-0.2, -0.15) is 10.5 Å². The number of hydrogen-bond donors (Lipinski definition) is 0. The smallest absolute Gasteiger partial charge is 0.0991 e. The largest absolute Gasteiger partial charge is 0.341 e. The molecule has 0 saturated carbocycles. The number of para-hydroxylation sites is 2. The maximum atomic E-state index is 9.53. The second kappa shape index (κ2) is 13.2. The van der Waals surface area contributed by atoms with Gasteiger partial charge < -0.3 is 9.80 Å². The van der Waals surface area contributed by atoms with E-state index < -0.39 is 0 Å². The first kappa shape index (κ1) is 32.3. The van der Waals surface area contributed by atoms with E-state index in [1.807, 2.05) is 48.5 Å². The minimum atomic E-state index is 0.624. The lowest BCUT2D eigenvalue weighted by atomic mass is 9.91. The second-order valence-corrected chi connectivity index (χ2v) is 14.3. The van der Waals surface area contributed by atoms with Gasteiger partial charge in [-0.3, -0.25) is 0 Å². The molecular weight excluding hydrogens is 669 g/mol. The number of nitrogens with zero attached hydrogens (tertiary/aromatic N) is 4. The minimum Gasteiger partial charge on any atom is -0.341 e. The molecule has 0 fully saturated rings. The molecule has 10 rings (SSSR count). The number of aryl methyl sites for hydroxylation is 1. The third-order valence-corrected chi connectivity index (χ3v) is 11.1. The van der Waals surface area contributed by atoms with Crippen LogP contribution in [0.3, 0.4) is 0 Å². The van der Waals surface area contributed by atoms with E-state index in [4.69, 9.17) is 0 Å². The second-order valence-electron chi connectivity index (χ2n) is 14.3. The Morgan fingerprint density at radius 3 is 1.73 bits per heavy atom. The van der Waals surface area contributed by atoms with Crippen LogP contribution >= 0.6 is 0 Å². The Morgan fingerprint density at radius 2 is 1.05 bits per heavy atom. The van der Waals surface area contributed by atoms with E-state index in [0.29, 0.717) is 11.1 Å². The average Bonchev–Trinajstić information content (AvgIpc) is 3.26. The average molecular weight is 703 g/mol. The van der Waals surface area contributed by atoms with Gasteiger partial charge in [-0.25, -0.2) is 0 Å². The molecule has 9 aromatic carbocycles. The van der Waals surface area contributed by atoms with Gasteiger partial charge >= 0.3 is 0 Å². The van der Waals surface area contributed by atoms with Crippen molar-refractivity contribution in [3.05, 3.63) is 187 Å². The van der Waals surface area contributed by atoms with E-state index in [1.165, 1.54) is 49.3 Å². The summed E-state index contributed by atoms with van der Waals surface area (Å²) < 4.78 is 0. The predicted molar refractivity (Wildman–Crippen MR) is 227 cm³/mol. The van der Waals surface area contributed by atoms with Crippen molar-refractivity contribution in [1.82, 2.24) is 0 Å². The van der Waals surface area contributed by atoms with Crippen molar-refractivity contribution < 1.29 is 0 Å². The van der Waals surface area contributed by atoms with Crippen molar-refractivity contribution in [1.29, 1.82) is 10.5 Å². The van der Waals surface area contributed by atoms with Crippen molar-refractivity contribution in [2.45, 2.75) is 12.8 Å². The summed E-state index contributed by atoms with van der Waals surface area (Å²) in [5, 5.41) is 26.5. The van der Waals surface area contributed by atoms with Crippen molar-refractivity contribution in [2.24, 2.45) is 0 Å². The number of anilines is 5. The number of fused-ring (bicyclic) bond motifs is 1. The minimum absolute atomic E-state index is 0.624. The molecular formula is C51H34N4. The summed E-state index contributed by atoms with van der Waals surface area (Å²) in [7, 11) is 0. The maximum absolute atomic E-state index is 9.53.